The summed E-state index contributed by atoms with van der Waals surface area (Å²) in [4.78, 5) is 44.9. The SMILES string of the molecule is COc1cccc(F)c1-c1nc2c3c(nc(=O)n2-c2c(C)ccnc2C(C)C)N2CCN(C(=O)OC(C)(C)C)C[C@@H]2COc3c1Cl. The minimum Gasteiger partial charge on any atom is -0.496 e. The number of ether oxygens (including phenoxy) is 3. The first kappa shape index (κ1) is 31.5. The van der Waals surface area contributed by atoms with Gasteiger partial charge in [0.2, 0.25) is 0 Å². The van der Waals surface area contributed by atoms with Gasteiger partial charge in [-0.25, -0.2) is 23.5 Å². The Morgan fingerprint density at radius 2 is 1.93 bits per heavy atom. The van der Waals surface area contributed by atoms with Gasteiger partial charge in [-0.05, 0) is 57.4 Å². The number of carbonyl (C=O) groups is 1. The predicted octanol–water partition coefficient (Wildman–Crippen LogP) is 5.89. The Bertz CT molecular complexity index is 1920. The number of amides is 1. The largest absolute Gasteiger partial charge is 0.496 e. The summed E-state index contributed by atoms with van der Waals surface area (Å²) in [6.07, 6.45) is 1.25. The van der Waals surface area contributed by atoms with E-state index in [1.165, 1.54) is 23.8 Å². The number of aryl methyl sites for hydroxylation is 1. The molecule has 0 aliphatic carbocycles. The fourth-order valence-corrected chi connectivity index (χ4v) is 6.31. The summed E-state index contributed by atoms with van der Waals surface area (Å²) in [7, 11) is 1.43. The second-order valence-corrected chi connectivity index (χ2v) is 13.2. The van der Waals surface area contributed by atoms with Crippen molar-refractivity contribution < 1.29 is 23.4 Å². The molecule has 0 N–H and O–H groups in total. The summed E-state index contributed by atoms with van der Waals surface area (Å²) in [6.45, 7) is 12.3. The molecule has 1 atom stereocenters. The zero-order valence-electron chi connectivity index (χ0n) is 26.9. The van der Waals surface area contributed by atoms with Crippen molar-refractivity contribution in [1.82, 2.24) is 24.4 Å². The Balaban J connectivity index is 1.63. The number of pyridine rings is 2. The van der Waals surface area contributed by atoms with E-state index in [1.807, 2.05) is 52.5 Å². The van der Waals surface area contributed by atoms with E-state index in [0.717, 1.165) is 5.56 Å². The molecule has 2 aliphatic rings. The van der Waals surface area contributed by atoms with Crippen LogP contribution >= 0.6 is 11.6 Å². The predicted molar refractivity (Wildman–Crippen MR) is 173 cm³/mol. The maximum Gasteiger partial charge on any atom is 0.410 e. The Kier molecular flexibility index (Phi) is 8.04. The van der Waals surface area contributed by atoms with E-state index in [0.29, 0.717) is 35.7 Å². The molecule has 1 saturated heterocycles. The van der Waals surface area contributed by atoms with Gasteiger partial charge < -0.3 is 24.0 Å². The number of nitrogens with zero attached hydrogens (tertiary/aromatic N) is 6. The highest BCUT2D eigenvalue weighted by atomic mass is 35.5. The Morgan fingerprint density at radius 1 is 1.17 bits per heavy atom. The van der Waals surface area contributed by atoms with Crippen LogP contribution in [0.1, 0.15) is 51.8 Å². The van der Waals surface area contributed by atoms with E-state index < -0.39 is 29.2 Å². The van der Waals surface area contributed by atoms with Gasteiger partial charge in [0.1, 0.15) is 45.7 Å². The topological polar surface area (TPSA) is 112 Å². The molecule has 0 saturated carbocycles. The first-order valence-electron chi connectivity index (χ1n) is 15.1. The average molecular weight is 651 g/mol. The van der Waals surface area contributed by atoms with Crippen LogP contribution in [0.2, 0.25) is 5.02 Å². The fraction of sp³-hybridized carbons (Fsp3) is 0.424. The number of aromatic nitrogens is 4. The molecule has 2 aliphatic heterocycles. The minimum atomic E-state index is -0.661. The van der Waals surface area contributed by atoms with Crippen LogP contribution in [0.25, 0.3) is 28.0 Å². The first-order chi connectivity index (χ1) is 21.8. The quantitative estimate of drug-likeness (QED) is 0.267. The summed E-state index contributed by atoms with van der Waals surface area (Å²) in [5.41, 5.74) is 0.979. The van der Waals surface area contributed by atoms with Gasteiger partial charge in [-0.2, -0.15) is 4.98 Å². The monoisotopic (exact) mass is 650 g/mol. The van der Waals surface area contributed by atoms with Crippen LogP contribution < -0.4 is 20.1 Å². The summed E-state index contributed by atoms with van der Waals surface area (Å²) >= 11 is 7.06. The second-order valence-electron chi connectivity index (χ2n) is 12.8. The van der Waals surface area contributed by atoms with Crippen LogP contribution in [0.4, 0.5) is 15.0 Å². The number of carbonyl (C=O) groups excluding carboxylic acids is 1. The second kappa shape index (κ2) is 11.7. The fourth-order valence-electron chi connectivity index (χ4n) is 6.03. The molecule has 11 nitrogen and oxygen atoms in total. The highest BCUT2D eigenvalue weighted by Gasteiger charge is 2.39. The van der Waals surface area contributed by atoms with Crippen molar-refractivity contribution in [3.63, 3.8) is 0 Å². The molecule has 0 radical (unpaired) electrons. The van der Waals surface area contributed by atoms with E-state index in [1.54, 1.807) is 17.2 Å². The van der Waals surface area contributed by atoms with Crippen molar-refractivity contribution >= 4 is 34.5 Å². The number of anilines is 1. The molecule has 3 aromatic heterocycles. The molecule has 6 rings (SSSR count). The van der Waals surface area contributed by atoms with Crippen molar-refractivity contribution in [2.45, 2.75) is 59.1 Å². The summed E-state index contributed by atoms with van der Waals surface area (Å²) in [6, 6.07) is 5.84. The molecule has 1 aromatic carbocycles. The van der Waals surface area contributed by atoms with E-state index in [-0.39, 0.29) is 52.5 Å². The zero-order valence-corrected chi connectivity index (χ0v) is 27.6. The van der Waals surface area contributed by atoms with Crippen LogP contribution in [0, 0.1) is 12.7 Å². The Morgan fingerprint density at radius 3 is 2.63 bits per heavy atom. The van der Waals surface area contributed by atoms with Crippen molar-refractivity contribution in [1.29, 1.82) is 0 Å². The molecule has 5 heterocycles. The Labute approximate surface area is 270 Å². The molecule has 0 spiro atoms. The molecular formula is C33H36ClFN6O5. The van der Waals surface area contributed by atoms with E-state index in [9.17, 15) is 9.59 Å². The lowest BCUT2D eigenvalue weighted by Gasteiger charge is -2.41. The zero-order chi connectivity index (χ0) is 33.1. The number of rotatable bonds is 4. The summed E-state index contributed by atoms with van der Waals surface area (Å²) in [5.74, 6) is 0.0824. The maximum absolute atomic E-state index is 15.6. The van der Waals surface area contributed by atoms with E-state index in [2.05, 4.69) is 9.97 Å². The van der Waals surface area contributed by atoms with Crippen molar-refractivity contribution in [2.24, 2.45) is 0 Å². The van der Waals surface area contributed by atoms with Crippen LogP contribution in [-0.2, 0) is 4.74 Å². The van der Waals surface area contributed by atoms with Gasteiger partial charge in [0, 0.05) is 25.8 Å². The average Bonchev–Trinajstić information content (AvgIpc) is 3.15. The number of piperazine rings is 1. The molecule has 242 valence electrons. The van der Waals surface area contributed by atoms with Gasteiger partial charge in [0.05, 0.1) is 30.1 Å². The van der Waals surface area contributed by atoms with Crippen molar-refractivity contribution in [3.05, 3.63) is 63.0 Å². The summed E-state index contributed by atoms with van der Waals surface area (Å²) < 4.78 is 34.5. The third kappa shape index (κ3) is 5.38. The van der Waals surface area contributed by atoms with Gasteiger partial charge >= 0.3 is 11.8 Å². The van der Waals surface area contributed by atoms with Crippen LogP contribution in [0.15, 0.2) is 35.3 Å². The number of hydrogen-bond acceptors (Lipinski definition) is 9. The van der Waals surface area contributed by atoms with Crippen LogP contribution in [-0.4, -0.2) is 75.5 Å². The number of methoxy groups -OCH3 is 1. The van der Waals surface area contributed by atoms with Gasteiger partial charge in [0.15, 0.2) is 11.4 Å². The number of hydrogen-bond donors (Lipinski definition) is 0. The lowest BCUT2D eigenvalue weighted by molar-refractivity contribution is 0.0202. The van der Waals surface area contributed by atoms with Gasteiger partial charge in [-0.15, -0.1) is 0 Å². The first-order valence-corrected chi connectivity index (χ1v) is 15.5. The molecule has 13 heteroatoms. The normalized spacial score (nSPS) is 16.3. The van der Waals surface area contributed by atoms with E-state index in [4.69, 9.17) is 30.8 Å². The highest BCUT2D eigenvalue weighted by Crippen LogP contribution is 2.47. The third-order valence-corrected chi connectivity index (χ3v) is 8.44. The lowest BCUT2D eigenvalue weighted by Crippen LogP contribution is -2.57. The molecule has 46 heavy (non-hydrogen) atoms. The molecule has 4 aromatic rings. The van der Waals surface area contributed by atoms with Crippen LogP contribution in [0.5, 0.6) is 11.5 Å². The standard InChI is InChI=1S/C33H36ClFN6O5/c1-17(2)25-27(18(3)11-12-36-25)41-30-23-28(24(34)26(37-30)22-20(35)9-8-10-21(22)44-7)45-16-19-15-39(32(43)46-33(4,5)6)13-14-40(19)29(23)38-31(41)42/h8-12,17,19H,13-16H2,1-7H3/t19-/m1/s1. The Hall–Kier alpha value is -4.45. The highest BCUT2D eigenvalue weighted by molar-refractivity contribution is 6.36. The molecular weight excluding hydrogens is 615 g/mol. The molecule has 1 fully saturated rings. The van der Waals surface area contributed by atoms with Crippen LogP contribution in [0.3, 0.4) is 0 Å². The lowest BCUT2D eigenvalue weighted by atomic mass is 10.0. The minimum absolute atomic E-state index is 0.0270. The maximum atomic E-state index is 15.6. The van der Waals surface area contributed by atoms with E-state index >= 15 is 4.39 Å². The van der Waals surface area contributed by atoms with Gasteiger partial charge in [-0.1, -0.05) is 31.5 Å². The molecule has 0 bridgehead atoms. The molecule has 1 amide bonds. The smallest absolute Gasteiger partial charge is 0.410 e. The van der Waals surface area contributed by atoms with Gasteiger partial charge in [0.25, 0.3) is 0 Å². The van der Waals surface area contributed by atoms with Crippen molar-refractivity contribution in [2.75, 3.05) is 38.3 Å². The third-order valence-electron chi connectivity index (χ3n) is 8.09. The number of benzene rings is 1. The number of fused-ring (bicyclic) bond motifs is 2. The van der Waals surface area contributed by atoms with Gasteiger partial charge in [-0.3, -0.25) is 4.98 Å². The number of halogens is 2. The molecule has 0 unspecified atom stereocenters. The van der Waals surface area contributed by atoms with Crippen molar-refractivity contribution in [3.8, 4) is 28.4 Å². The summed E-state index contributed by atoms with van der Waals surface area (Å²) in [5, 5.41) is 0.440.